The summed E-state index contributed by atoms with van der Waals surface area (Å²) in [6.07, 6.45) is 0.237. The van der Waals surface area contributed by atoms with Crippen molar-refractivity contribution in [1.82, 2.24) is 15.1 Å². The van der Waals surface area contributed by atoms with Gasteiger partial charge in [-0.1, -0.05) is 24.3 Å². The Labute approximate surface area is 182 Å². The van der Waals surface area contributed by atoms with Crippen molar-refractivity contribution in [2.24, 2.45) is 0 Å². The highest BCUT2D eigenvalue weighted by molar-refractivity contribution is 6.23. The zero-order valence-electron chi connectivity index (χ0n) is 17.8. The van der Waals surface area contributed by atoms with Gasteiger partial charge in [0.2, 0.25) is 0 Å². The second-order valence-electron chi connectivity index (χ2n) is 8.28. The molecule has 1 fully saturated rings. The number of imide groups is 1. The van der Waals surface area contributed by atoms with Gasteiger partial charge in [0, 0.05) is 11.8 Å². The quantitative estimate of drug-likeness (QED) is 0.620. The highest BCUT2D eigenvalue weighted by Crippen LogP contribution is 2.34. The molecule has 1 aliphatic rings. The van der Waals surface area contributed by atoms with Crippen LogP contribution in [0.25, 0.3) is 10.8 Å². The lowest BCUT2D eigenvalue weighted by atomic mass is 10.0. The lowest BCUT2D eigenvalue weighted by molar-refractivity contribution is -0.124. The van der Waals surface area contributed by atoms with E-state index in [0.29, 0.717) is 22.0 Å². The second kappa shape index (κ2) is 7.67. The Kier molecular flexibility index (Phi) is 5.12. The third-order valence-electron chi connectivity index (χ3n) is 5.60. The Morgan fingerprint density at radius 3 is 2.47 bits per heavy atom. The minimum absolute atomic E-state index is 0.189. The second-order valence-corrected chi connectivity index (χ2v) is 8.28. The summed E-state index contributed by atoms with van der Waals surface area (Å²) in [4.78, 5) is 51.5. The van der Waals surface area contributed by atoms with Gasteiger partial charge in [-0.3, -0.25) is 14.4 Å². The molecule has 1 aromatic heterocycles. The first-order valence-corrected chi connectivity index (χ1v) is 10.0. The van der Waals surface area contributed by atoms with E-state index in [-0.39, 0.29) is 30.0 Å². The van der Waals surface area contributed by atoms with Crippen LogP contribution >= 0.6 is 0 Å². The molecule has 0 atom stereocenters. The number of nitrogens with one attached hydrogen (secondary N) is 1. The van der Waals surface area contributed by atoms with Crippen molar-refractivity contribution in [1.29, 1.82) is 0 Å². The number of ketones is 1. The first-order chi connectivity index (χ1) is 15.1. The van der Waals surface area contributed by atoms with Crippen molar-refractivity contribution in [3.63, 3.8) is 0 Å². The minimum Gasteiger partial charge on any atom is -0.302 e. The smallest absolute Gasteiger partial charge is 0.302 e. The number of carbonyl (C=O) groups excluding carboxylic acids is 3. The number of halogens is 1. The van der Waals surface area contributed by atoms with Crippen LogP contribution in [0, 0.1) is 5.82 Å². The van der Waals surface area contributed by atoms with Crippen LogP contribution in [-0.2, 0) is 16.0 Å². The predicted molar refractivity (Wildman–Crippen MR) is 116 cm³/mol. The summed E-state index contributed by atoms with van der Waals surface area (Å²) in [6.45, 7) is 4.12. The highest BCUT2D eigenvalue weighted by Gasteiger charge is 2.52. The van der Waals surface area contributed by atoms with Gasteiger partial charge in [-0.15, -0.1) is 0 Å². The number of benzene rings is 2. The van der Waals surface area contributed by atoms with Gasteiger partial charge in [-0.2, -0.15) is 5.10 Å². The minimum atomic E-state index is -1.29. The fraction of sp³-hybridized carbons (Fsp3) is 0.261. The average molecular weight is 436 g/mol. The van der Waals surface area contributed by atoms with Crippen LogP contribution in [0.3, 0.4) is 0 Å². The molecular formula is C23H21FN4O4. The topological polar surface area (TPSA) is 103 Å². The summed E-state index contributed by atoms with van der Waals surface area (Å²) >= 11 is 0. The summed E-state index contributed by atoms with van der Waals surface area (Å²) in [6, 6.07) is 10.4. The molecule has 0 aliphatic carbocycles. The van der Waals surface area contributed by atoms with Crippen LogP contribution in [0.5, 0.6) is 0 Å². The molecule has 2 heterocycles. The number of hydrogen-bond donors (Lipinski definition) is 1. The van der Waals surface area contributed by atoms with Gasteiger partial charge in [0.15, 0.2) is 0 Å². The van der Waals surface area contributed by atoms with Gasteiger partial charge in [-0.05, 0) is 44.5 Å². The Bertz CT molecular complexity index is 1330. The molecular weight excluding hydrogens is 415 g/mol. The molecule has 164 valence electrons. The monoisotopic (exact) mass is 436 g/mol. The van der Waals surface area contributed by atoms with Crippen LogP contribution in [-0.4, -0.2) is 44.9 Å². The lowest BCUT2D eigenvalue weighted by Gasteiger charge is -2.26. The standard InChI is InChI=1S/C23H21FN4O4/c1-13(29)12-27-22(32)28(21(31)23(27,2)3)19-11-14(8-9-17(19)24)10-18-15-6-4-5-7-16(15)20(30)26-25-18/h4-9,11H,10,12H2,1-3H3,(H,26,30). The van der Waals surface area contributed by atoms with Gasteiger partial charge in [0.25, 0.3) is 11.5 Å². The Morgan fingerprint density at radius 2 is 1.78 bits per heavy atom. The largest absolute Gasteiger partial charge is 0.332 e. The van der Waals surface area contributed by atoms with E-state index in [0.717, 1.165) is 9.80 Å². The number of Topliss-reactive ketones (excluding diaryl/α,β-unsaturated/α-hetero) is 1. The third kappa shape index (κ3) is 3.45. The van der Waals surface area contributed by atoms with Crippen LogP contribution in [0.4, 0.5) is 14.9 Å². The molecule has 0 radical (unpaired) electrons. The Hall–Kier alpha value is -3.88. The number of fused-ring (bicyclic) bond motifs is 1. The summed E-state index contributed by atoms with van der Waals surface area (Å²) < 4.78 is 14.8. The number of H-pyrrole nitrogens is 1. The first kappa shape index (κ1) is 21.4. The van der Waals surface area contributed by atoms with Crippen molar-refractivity contribution in [2.45, 2.75) is 32.7 Å². The van der Waals surface area contributed by atoms with Crippen LogP contribution in [0.1, 0.15) is 32.0 Å². The van der Waals surface area contributed by atoms with Crippen LogP contribution in [0.15, 0.2) is 47.3 Å². The fourth-order valence-corrected chi connectivity index (χ4v) is 3.88. The SMILES string of the molecule is CC(=O)CN1C(=O)N(c2cc(Cc3n[nH]c(=O)c4ccccc34)ccc2F)C(=O)C1(C)C. The maximum atomic E-state index is 14.8. The van der Waals surface area contributed by atoms with Gasteiger partial charge in [0.05, 0.1) is 23.3 Å². The third-order valence-corrected chi connectivity index (χ3v) is 5.60. The zero-order valence-corrected chi connectivity index (χ0v) is 17.8. The Balaban J connectivity index is 1.74. The molecule has 0 unspecified atom stereocenters. The maximum absolute atomic E-state index is 14.8. The number of urea groups is 1. The number of nitrogens with zero attached hydrogens (tertiary/aromatic N) is 3. The summed E-state index contributed by atoms with van der Waals surface area (Å²) in [5.74, 6) is -1.64. The van der Waals surface area contributed by atoms with E-state index in [2.05, 4.69) is 10.2 Å². The van der Waals surface area contributed by atoms with Crippen molar-refractivity contribution in [3.05, 3.63) is 69.9 Å². The van der Waals surface area contributed by atoms with Gasteiger partial charge in [-0.25, -0.2) is 19.2 Å². The van der Waals surface area contributed by atoms with E-state index in [1.807, 2.05) is 0 Å². The molecule has 32 heavy (non-hydrogen) atoms. The molecule has 0 bridgehead atoms. The molecule has 1 aliphatic heterocycles. The van der Waals surface area contributed by atoms with Crippen molar-refractivity contribution in [3.8, 4) is 0 Å². The van der Waals surface area contributed by atoms with E-state index in [4.69, 9.17) is 0 Å². The zero-order chi connectivity index (χ0) is 23.2. The molecule has 2 aromatic carbocycles. The van der Waals surface area contributed by atoms with Gasteiger partial charge < -0.3 is 4.90 Å². The molecule has 8 nitrogen and oxygen atoms in total. The maximum Gasteiger partial charge on any atom is 0.332 e. The van der Waals surface area contributed by atoms with Crippen molar-refractivity contribution in [2.75, 3.05) is 11.4 Å². The summed E-state index contributed by atoms with van der Waals surface area (Å²) in [5.41, 5.74) is -0.637. The number of aromatic nitrogens is 2. The number of carbonyl (C=O) groups is 3. The molecule has 0 spiro atoms. The van der Waals surface area contributed by atoms with Crippen LogP contribution in [0.2, 0.25) is 0 Å². The van der Waals surface area contributed by atoms with E-state index in [1.165, 1.54) is 39.0 Å². The predicted octanol–water partition coefficient (Wildman–Crippen LogP) is 2.79. The fourth-order valence-electron chi connectivity index (χ4n) is 3.88. The lowest BCUT2D eigenvalue weighted by Crippen LogP contribution is -2.46. The number of amides is 3. The number of aromatic amines is 1. The van der Waals surface area contributed by atoms with E-state index in [1.54, 1.807) is 24.3 Å². The molecule has 1 saturated heterocycles. The number of anilines is 1. The van der Waals surface area contributed by atoms with E-state index < -0.39 is 23.3 Å². The average Bonchev–Trinajstić information content (AvgIpc) is 2.91. The molecule has 0 saturated carbocycles. The summed E-state index contributed by atoms with van der Waals surface area (Å²) in [7, 11) is 0. The first-order valence-electron chi connectivity index (χ1n) is 10.0. The van der Waals surface area contributed by atoms with Crippen LogP contribution < -0.4 is 10.5 Å². The molecule has 1 N–H and O–H groups in total. The van der Waals surface area contributed by atoms with Crippen molar-refractivity contribution < 1.29 is 18.8 Å². The Morgan fingerprint density at radius 1 is 1.09 bits per heavy atom. The summed E-state index contributed by atoms with van der Waals surface area (Å²) in [5, 5.41) is 7.72. The molecule has 9 heteroatoms. The molecule has 3 aromatic rings. The highest BCUT2D eigenvalue weighted by atomic mass is 19.1. The number of rotatable bonds is 5. The number of hydrogen-bond acceptors (Lipinski definition) is 5. The van der Waals surface area contributed by atoms with E-state index in [9.17, 15) is 23.6 Å². The molecule has 3 amide bonds. The van der Waals surface area contributed by atoms with Gasteiger partial charge >= 0.3 is 6.03 Å². The molecule has 4 rings (SSSR count). The van der Waals surface area contributed by atoms with E-state index >= 15 is 0 Å². The van der Waals surface area contributed by atoms with Crippen molar-refractivity contribution >= 4 is 34.2 Å². The van der Waals surface area contributed by atoms with Gasteiger partial charge in [0.1, 0.15) is 17.1 Å². The normalized spacial score (nSPS) is 15.6.